The van der Waals surface area contributed by atoms with Crippen molar-refractivity contribution < 1.29 is 9.32 Å². The second-order valence-corrected chi connectivity index (χ2v) is 7.53. The van der Waals surface area contributed by atoms with Crippen molar-refractivity contribution >= 4 is 33.5 Å². The van der Waals surface area contributed by atoms with E-state index >= 15 is 0 Å². The lowest BCUT2D eigenvalue weighted by molar-refractivity contribution is 0.102. The Morgan fingerprint density at radius 3 is 3.04 bits per heavy atom. The lowest BCUT2D eigenvalue weighted by Gasteiger charge is -2.15. The van der Waals surface area contributed by atoms with Crippen LogP contribution in [0, 0.1) is 19.8 Å². The number of nitrogens with one attached hydrogen (secondary N) is 1. The van der Waals surface area contributed by atoms with Gasteiger partial charge in [-0.3, -0.25) is 10.1 Å². The molecule has 3 heterocycles. The van der Waals surface area contributed by atoms with Gasteiger partial charge in [-0.2, -0.15) is 0 Å². The first-order valence-electron chi connectivity index (χ1n) is 8.05. The van der Waals surface area contributed by atoms with E-state index in [0.29, 0.717) is 33.4 Å². The molecule has 0 spiro atoms. The predicted molar refractivity (Wildman–Crippen MR) is 92.5 cm³/mol. The molecule has 0 saturated heterocycles. The maximum Gasteiger partial charge on any atom is 0.258 e. The van der Waals surface area contributed by atoms with E-state index in [1.165, 1.54) is 4.88 Å². The molecule has 6 nitrogen and oxygen atoms in total. The van der Waals surface area contributed by atoms with Crippen LogP contribution in [0.1, 0.15) is 45.7 Å². The van der Waals surface area contributed by atoms with Crippen molar-refractivity contribution in [2.75, 3.05) is 5.32 Å². The van der Waals surface area contributed by atoms with E-state index in [9.17, 15) is 4.79 Å². The maximum absolute atomic E-state index is 12.8. The van der Waals surface area contributed by atoms with Gasteiger partial charge in [-0.05, 0) is 45.1 Å². The van der Waals surface area contributed by atoms with Gasteiger partial charge in [0.15, 0.2) is 5.13 Å². The predicted octanol–water partition coefficient (Wildman–Crippen LogP) is 3.67. The molecule has 0 aliphatic heterocycles. The minimum Gasteiger partial charge on any atom is -0.336 e. The van der Waals surface area contributed by atoms with Gasteiger partial charge in [-0.1, -0.05) is 12.1 Å². The summed E-state index contributed by atoms with van der Waals surface area (Å²) in [5, 5.41) is 8.18. The van der Waals surface area contributed by atoms with Crippen molar-refractivity contribution in [3.8, 4) is 0 Å². The Balaban J connectivity index is 1.67. The van der Waals surface area contributed by atoms with Crippen molar-refractivity contribution in [1.29, 1.82) is 0 Å². The van der Waals surface area contributed by atoms with Crippen LogP contribution in [0.5, 0.6) is 0 Å². The van der Waals surface area contributed by atoms with Crippen molar-refractivity contribution in [3.63, 3.8) is 0 Å². The van der Waals surface area contributed by atoms with Crippen molar-refractivity contribution in [1.82, 2.24) is 15.1 Å². The first kappa shape index (κ1) is 15.3. The standard InChI is InChI=1S/C17H18N4O2S/c1-8-4-5-12-13(6-8)24-17(19-12)20-15(22)11-7-9(2)18-16-14(11)10(3)21-23-16/h7-8H,4-6H2,1-3H3,(H,19,20,22)/t8-/m1/s1. The van der Waals surface area contributed by atoms with Gasteiger partial charge in [-0.25, -0.2) is 9.97 Å². The van der Waals surface area contributed by atoms with Crippen LogP contribution in [0.25, 0.3) is 11.1 Å². The molecular formula is C17H18N4O2S. The lowest BCUT2D eigenvalue weighted by atomic mass is 9.93. The maximum atomic E-state index is 12.8. The number of pyridine rings is 1. The molecule has 1 amide bonds. The van der Waals surface area contributed by atoms with E-state index in [2.05, 4.69) is 27.4 Å². The molecule has 3 aromatic heterocycles. The summed E-state index contributed by atoms with van der Waals surface area (Å²) in [6, 6.07) is 1.76. The average Bonchev–Trinajstić information content (AvgIpc) is 3.09. The fourth-order valence-electron chi connectivity index (χ4n) is 3.15. The molecule has 1 N–H and O–H groups in total. The molecule has 1 atom stereocenters. The SMILES string of the molecule is Cc1cc(C(=O)Nc2nc3c(s2)C[C@H](C)CC3)c2c(C)noc2n1. The van der Waals surface area contributed by atoms with Crippen LogP contribution >= 0.6 is 11.3 Å². The average molecular weight is 342 g/mol. The second kappa shape index (κ2) is 5.66. The molecule has 0 fully saturated rings. The van der Waals surface area contributed by atoms with Crippen molar-refractivity contribution in [2.45, 2.75) is 40.0 Å². The highest BCUT2D eigenvalue weighted by Gasteiger charge is 2.22. The quantitative estimate of drug-likeness (QED) is 0.768. The molecule has 0 radical (unpaired) electrons. The minimum absolute atomic E-state index is 0.198. The number of nitrogens with zero attached hydrogens (tertiary/aromatic N) is 3. The molecule has 0 bridgehead atoms. The number of thiazole rings is 1. The Bertz CT molecular complexity index is 944. The summed E-state index contributed by atoms with van der Waals surface area (Å²) >= 11 is 1.58. The van der Waals surface area contributed by atoms with Crippen LogP contribution < -0.4 is 5.32 Å². The fourth-order valence-corrected chi connectivity index (χ4v) is 4.32. The number of carbonyl (C=O) groups excluding carboxylic acids is 1. The van der Waals surface area contributed by atoms with E-state index in [1.54, 1.807) is 17.4 Å². The topological polar surface area (TPSA) is 80.9 Å². The molecule has 7 heteroatoms. The highest BCUT2D eigenvalue weighted by molar-refractivity contribution is 7.15. The number of amides is 1. The third-order valence-electron chi connectivity index (χ3n) is 4.40. The number of fused-ring (bicyclic) bond motifs is 2. The highest BCUT2D eigenvalue weighted by atomic mass is 32.1. The minimum atomic E-state index is -0.198. The van der Waals surface area contributed by atoms with Gasteiger partial charge in [-0.15, -0.1) is 11.3 Å². The monoisotopic (exact) mass is 342 g/mol. The Kier molecular flexibility index (Phi) is 3.60. The molecule has 1 aliphatic rings. The zero-order valence-corrected chi connectivity index (χ0v) is 14.7. The molecule has 0 saturated carbocycles. The fraction of sp³-hybridized carbons (Fsp3) is 0.412. The molecule has 1 aliphatic carbocycles. The van der Waals surface area contributed by atoms with E-state index < -0.39 is 0 Å². The van der Waals surface area contributed by atoms with Crippen LogP contribution in [0.2, 0.25) is 0 Å². The van der Waals surface area contributed by atoms with Crippen LogP contribution in [0.4, 0.5) is 5.13 Å². The number of aromatic nitrogens is 3. The van der Waals surface area contributed by atoms with Gasteiger partial charge < -0.3 is 4.52 Å². The molecule has 3 aromatic rings. The van der Waals surface area contributed by atoms with E-state index in [-0.39, 0.29) is 5.91 Å². The van der Waals surface area contributed by atoms with Gasteiger partial charge >= 0.3 is 0 Å². The Labute approximate surface area is 143 Å². The first-order valence-corrected chi connectivity index (χ1v) is 8.86. The molecule has 124 valence electrons. The van der Waals surface area contributed by atoms with E-state index in [1.807, 2.05) is 13.8 Å². The van der Waals surface area contributed by atoms with Crippen molar-refractivity contribution in [3.05, 3.63) is 33.6 Å². The number of carbonyl (C=O) groups is 1. The summed E-state index contributed by atoms with van der Waals surface area (Å²) in [6.45, 7) is 5.90. The normalized spacial score (nSPS) is 17.0. The first-order chi connectivity index (χ1) is 11.5. The van der Waals surface area contributed by atoms with Gasteiger partial charge in [0.25, 0.3) is 11.6 Å². The van der Waals surface area contributed by atoms with E-state index in [0.717, 1.165) is 30.7 Å². The van der Waals surface area contributed by atoms with Crippen LogP contribution in [-0.2, 0) is 12.8 Å². The number of hydrogen-bond donors (Lipinski definition) is 1. The Morgan fingerprint density at radius 2 is 2.21 bits per heavy atom. The summed E-state index contributed by atoms with van der Waals surface area (Å²) in [5.74, 6) is 0.486. The number of aryl methyl sites for hydroxylation is 3. The lowest BCUT2D eigenvalue weighted by Crippen LogP contribution is -2.13. The number of rotatable bonds is 2. The molecule has 24 heavy (non-hydrogen) atoms. The third kappa shape index (κ3) is 2.58. The van der Waals surface area contributed by atoms with Gasteiger partial charge in [0.2, 0.25) is 0 Å². The van der Waals surface area contributed by atoms with E-state index in [4.69, 9.17) is 4.52 Å². The molecular weight excluding hydrogens is 324 g/mol. The summed E-state index contributed by atoms with van der Waals surface area (Å²) in [7, 11) is 0. The summed E-state index contributed by atoms with van der Waals surface area (Å²) in [5.41, 5.74) is 3.43. The van der Waals surface area contributed by atoms with Gasteiger partial charge in [0.1, 0.15) is 0 Å². The van der Waals surface area contributed by atoms with Crippen LogP contribution in [-0.4, -0.2) is 21.0 Å². The van der Waals surface area contributed by atoms with Crippen molar-refractivity contribution in [2.24, 2.45) is 5.92 Å². The van der Waals surface area contributed by atoms with Crippen LogP contribution in [0.3, 0.4) is 0 Å². The summed E-state index contributed by atoms with van der Waals surface area (Å²) in [4.78, 5) is 22.9. The third-order valence-corrected chi connectivity index (χ3v) is 5.43. The Hall–Kier alpha value is -2.28. The highest BCUT2D eigenvalue weighted by Crippen LogP contribution is 2.32. The van der Waals surface area contributed by atoms with Crippen LogP contribution in [0.15, 0.2) is 10.6 Å². The smallest absolute Gasteiger partial charge is 0.258 e. The zero-order valence-electron chi connectivity index (χ0n) is 13.8. The Morgan fingerprint density at radius 1 is 1.38 bits per heavy atom. The number of anilines is 1. The summed E-state index contributed by atoms with van der Waals surface area (Å²) < 4.78 is 5.19. The molecule has 4 rings (SSSR count). The zero-order chi connectivity index (χ0) is 16.8. The number of hydrogen-bond acceptors (Lipinski definition) is 6. The van der Waals surface area contributed by atoms with Gasteiger partial charge in [0, 0.05) is 10.6 Å². The van der Waals surface area contributed by atoms with Gasteiger partial charge in [0.05, 0.1) is 22.3 Å². The molecule has 0 unspecified atom stereocenters. The molecule has 0 aromatic carbocycles. The summed E-state index contributed by atoms with van der Waals surface area (Å²) in [6.07, 6.45) is 3.20. The second-order valence-electron chi connectivity index (χ2n) is 6.45. The largest absolute Gasteiger partial charge is 0.336 e.